The number of urea groups is 1. The number of carboxylic acids is 1. The highest BCUT2D eigenvalue weighted by Crippen LogP contribution is 2.25. The molecule has 0 saturated carbocycles. The average molecular weight is 331 g/mol. The topological polar surface area (TPSA) is 69.6 Å². The number of hydrogen-bond acceptors (Lipinski definition) is 2. The monoisotopic (exact) mass is 330 g/mol. The van der Waals surface area contributed by atoms with Gasteiger partial charge in [0.2, 0.25) is 0 Å². The largest absolute Gasteiger partial charge is 0.480 e. The van der Waals surface area contributed by atoms with Crippen LogP contribution in [0.1, 0.15) is 12.8 Å². The number of likely N-dealkylation sites (tertiary alicyclic amines) is 1. The fourth-order valence-electron chi connectivity index (χ4n) is 2.04. The van der Waals surface area contributed by atoms with Crippen molar-refractivity contribution >= 4 is 33.6 Å². The number of carbonyl (C=O) groups excluding carboxylic acids is 1. The number of anilines is 1. The van der Waals surface area contributed by atoms with E-state index in [4.69, 9.17) is 5.11 Å². The Kier molecular flexibility index (Phi) is 4.04. The van der Waals surface area contributed by atoms with Crippen molar-refractivity contribution in [2.24, 2.45) is 0 Å². The van der Waals surface area contributed by atoms with Crippen LogP contribution in [0, 0.1) is 5.82 Å². The van der Waals surface area contributed by atoms with Gasteiger partial charge >= 0.3 is 12.0 Å². The molecule has 5 nitrogen and oxygen atoms in total. The Hall–Kier alpha value is -1.63. The van der Waals surface area contributed by atoms with Gasteiger partial charge in [0.05, 0.1) is 5.69 Å². The molecule has 1 aliphatic rings. The number of rotatable bonds is 2. The molecule has 0 aliphatic carbocycles. The molecular formula is C12H12BrFN2O3. The normalized spacial score (nSPS) is 18.4. The molecule has 2 amide bonds. The summed E-state index contributed by atoms with van der Waals surface area (Å²) in [5.41, 5.74) is 0.405. The van der Waals surface area contributed by atoms with Crippen LogP contribution >= 0.6 is 15.9 Å². The summed E-state index contributed by atoms with van der Waals surface area (Å²) in [5.74, 6) is -1.43. The first-order valence-corrected chi connectivity index (χ1v) is 6.54. The molecule has 0 radical (unpaired) electrons. The van der Waals surface area contributed by atoms with Crippen LogP contribution in [0.15, 0.2) is 22.7 Å². The number of amides is 2. The number of carboxylic acid groups (broad SMARTS) is 1. The Morgan fingerprint density at radius 1 is 1.47 bits per heavy atom. The van der Waals surface area contributed by atoms with E-state index in [1.165, 1.54) is 23.1 Å². The molecule has 2 rings (SSSR count). The highest BCUT2D eigenvalue weighted by Gasteiger charge is 2.34. The van der Waals surface area contributed by atoms with Gasteiger partial charge in [-0.3, -0.25) is 0 Å². The zero-order chi connectivity index (χ0) is 14.0. The van der Waals surface area contributed by atoms with Crippen molar-refractivity contribution in [1.82, 2.24) is 4.90 Å². The second kappa shape index (κ2) is 5.56. The van der Waals surface area contributed by atoms with Gasteiger partial charge in [0, 0.05) is 11.0 Å². The van der Waals surface area contributed by atoms with Gasteiger partial charge in [-0.05, 0) is 47.0 Å². The van der Waals surface area contributed by atoms with Crippen LogP contribution in [-0.2, 0) is 4.79 Å². The Morgan fingerprint density at radius 2 is 2.21 bits per heavy atom. The summed E-state index contributed by atoms with van der Waals surface area (Å²) in [5, 5.41) is 11.6. The van der Waals surface area contributed by atoms with E-state index in [1.807, 2.05) is 0 Å². The van der Waals surface area contributed by atoms with E-state index in [-0.39, 0.29) is 0 Å². The molecule has 1 heterocycles. The third-order valence-corrected chi connectivity index (χ3v) is 3.63. The summed E-state index contributed by atoms with van der Waals surface area (Å²) >= 11 is 3.14. The van der Waals surface area contributed by atoms with Crippen molar-refractivity contribution in [3.8, 4) is 0 Å². The standard InChI is InChI=1S/C12H12BrFN2O3/c13-8-6-7(14)3-4-9(8)15-12(19)16-5-1-2-10(16)11(17)18/h3-4,6,10H,1-2,5H2,(H,15,19)(H,17,18)/t10-/m0/s1. The summed E-state index contributed by atoms with van der Waals surface area (Å²) in [4.78, 5) is 24.3. The SMILES string of the molecule is O=C(O)[C@@H]1CCCN1C(=O)Nc1ccc(F)cc1Br. The highest BCUT2D eigenvalue weighted by molar-refractivity contribution is 9.10. The second-order valence-corrected chi connectivity index (χ2v) is 5.10. The van der Waals surface area contributed by atoms with Gasteiger partial charge in [-0.15, -0.1) is 0 Å². The average Bonchev–Trinajstić information content (AvgIpc) is 2.82. The Labute approximate surface area is 117 Å². The van der Waals surface area contributed by atoms with Crippen molar-refractivity contribution in [3.63, 3.8) is 0 Å². The van der Waals surface area contributed by atoms with E-state index in [1.54, 1.807) is 0 Å². The summed E-state index contributed by atoms with van der Waals surface area (Å²) in [7, 11) is 0. The van der Waals surface area contributed by atoms with Crippen LogP contribution < -0.4 is 5.32 Å². The van der Waals surface area contributed by atoms with Crippen molar-refractivity contribution in [3.05, 3.63) is 28.5 Å². The number of carbonyl (C=O) groups is 2. The third-order valence-electron chi connectivity index (χ3n) is 2.97. The van der Waals surface area contributed by atoms with Crippen molar-refractivity contribution in [2.45, 2.75) is 18.9 Å². The molecule has 1 aliphatic heterocycles. The molecular weight excluding hydrogens is 319 g/mol. The Morgan fingerprint density at radius 3 is 2.84 bits per heavy atom. The Balaban J connectivity index is 2.10. The van der Waals surface area contributed by atoms with Crippen molar-refractivity contribution in [2.75, 3.05) is 11.9 Å². The molecule has 19 heavy (non-hydrogen) atoms. The van der Waals surface area contributed by atoms with Crippen LogP contribution in [0.3, 0.4) is 0 Å². The highest BCUT2D eigenvalue weighted by atomic mass is 79.9. The van der Waals surface area contributed by atoms with Gasteiger partial charge in [0.1, 0.15) is 11.9 Å². The lowest BCUT2D eigenvalue weighted by Gasteiger charge is -2.22. The lowest BCUT2D eigenvalue weighted by molar-refractivity contribution is -0.141. The van der Waals surface area contributed by atoms with E-state index in [0.717, 1.165) is 0 Å². The molecule has 7 heteroatoms. The fourth-order valence-corrected chi connectivity index (χ4v) is 2.49. The minimum atomic E-state index is -1.01. The van der Waals surface area contributed by atoms with Gasteiger partial charge in [-0.25, -0.2) is 14.0 Å². The second-order valence-electron chi connectivity index (χ2n) is 4.24. The van der Waals surface area contributed by atoms with Crippen molar-refractivity contribution < 1.29 is 19.1 Å². The fraction of sp³-hybridized carbons (Fsp3) is 0.333. The zero-order valence-electron chi connectivity index (χ0n) is 9.90. The minimum absolute atomic E-state index is 0.404. The van der Waals surface area contributed by atoms with Gasteiger partial charge in [-0.1, -0.05) is 0 Å². The van der Waals surface area contributed by atoms with Crippen LogP contribution in [0.25, 0.3) is 0 Å². The zero-order valence-corrected chi connectivity index (χ0v) is 11.5. The Bertz CT molecular complexity index is 524. The predicted octanol–water partition coefficient (Wildman–Crippen LogP) is 2.67. The number of halogens is 2. The van der Waals surface area contributed by atoms with E-state index >= 15 is 0 Å². The predicted molar refractivity (Wildman–Crippen MR) is 70.5 cm³/mol. The summed E-state index contributed by atoms with van der Waals surface area (Å²) in [6.07, 6.45) is 1.11. The molecule has 102 valence electrons. The maximum absolute atomic E-state index is 12.9. The van der Waals surface area contributed by atoms with E-state index in [0.29, 0.717) is 29.5 Å². The van der Waals surface area contributed by atoms with Gasteiger partial charge < -0.3 is 15.3 Å². The molecule has 1 atom stereocenters. The number of benzene rings is 1. The van der Waals surface area contributed by atoms with Crippen LogP contribution in [-0.4, -0.2) is 34.6 Å². The molecule has 2 N–H and O–H groups in total. The number of aliphatic carboxylic acids is 1. The number of nitrogens with one attached hydrogen (secondary N) is 1. The number of hydrogen-bond donors (Lipinski definition) is 2. The van der Waals surface area contributed by atoms with Crippen molar-refractivity contribution in [1.29, 1.82) is 0 Å². The molecule has 0 aromatic heterocycles. The first-order valence-electron chi connectivity index (χ1n) is 5.74. The molecule has 1 aromatic carbocycles. The third kappa shape index (κ3) is 3.04. The molecule has 0 bridgehead atoms. The first kappa shape index (κ1) is 13.8. The van der Waals surface area contributed by atoms with E-state index < -0.39 is 23.9 Å². The summed E-state index contributed by atoms with van der Waals surface area (Å²) in [6.45, 7) is 0.404. The van der Waals surface area contributed by atoms with Gasteiger partial charge in [0.15, 0.2) is 0 Å². The van der Waals surface area contributed by atoms with E-state index in [9.17, 15) is 14.0 Å². The van der Waals surface area contributed by atoms with Crippen LogP contribution in [0.5, 0.6) is 0 Å². The maximum Gasteiger partial charge on any atom is 0.326 e. The molecule has 0 spiro atoms. The lowest BCUT2D eigenvalue weighted by Crippen LogP contribution is -2.42. The smallest absolute Gasteiger partial charge is 0.326 e. The molecule has 1 aromatic rings. The van der Waals surface area contributed by atoms with Gasteiger partial charge in [-0.2, -0.15) is 0 Å². The molecule has 0 unspecified atom stereocenters. The first-order chi connectivity index (χ1) is 8.99. The summed E-state index contributed by atoms with van der Waals surface area (Å²) in [6, 6.07) is 2.59. The minimum Gasteiger partial charge on any atom is -0.480 e. The molecule has 1 saturated heterocycles. The van der Waals surface area contributed by atoms with Crippen LogP contribution in [0.2, 0.25) is 0 Å². The quantitative estimate of drug-likeness (QED) is 0.875. The molecule has 1 fully saturated rings. The maximum atomic E-state index is 12.9. The lowest BCUT2D eigenvalue weighted by atomic mass is 10.2. The van der Waals surface area contributed by atoms with Crippen LogP contribution in [0.4, 0.5) is 14.9 Å². The van der Waals surface area contributed by atoms with E-state index in [2.05, 4.69) is 21.2 Å². The number of nitrogens with zero attached hydrogens (tertiary/aromatic N) is 1. The summed E-state index contributed by atoms with van der Waals surface area (Å²) < 4.78 is 13.3. The van der Waals surface area contributed by atoms with Gasteiger partial charge in [0.25, 0.3) is 0 Å².